The fourth-order valence-corrected chi connectivity index (χ4v) is 4.11. The first-order chi connectivity index (χ1) is 15.7. The first-order valence-electron chi connectivity index (χ1n) is 11.0. The van der Waals surface area contributed by atoms with Crippen LogP contribution in [-0.2, 0) is 0 Å². The van der Waals surface area contributed by atoms with Gasteiger partial charge < -0.3 is 5.32 Å². The Morgan fingerprint density at radius 2 is 1.73 bits per heavy atom. The Morgan fingerprint density at radius 3 is 2.42 bits per heavy atom. The van der Waals surface area contributed by atoms with Gasteiger partial charge in [-0.1, -0.05) is 71.7 Å². The summed E-state index contributed by atoms with van der Waals surface area (Å²) < 4.78 is 2.75. The predicted molar refractivity (Wildman–Crippen MR) is 137 cm³/mol. The number of aryl methyl sites for hydroxylation is 2. The molecule has 0 aliphatic heterocycles. The summed E-state index contributed by atoms with van der Waals surface area (Å²) in [6, 6.07) is 20.0. The Morgan fingerprint density at radius 1 is 1.00 bits per heavy atom. The lowest BCUT2D eigenvalue weighted by Gasteiger charge is -2.13. The van der Waals surface area contributed by atoms with Crippen LogP contribution in [0.2, 0.25) is 0 Å². The van der Waals surface area contributed by atoms with Crippen LogP contribution in [0, 0.1) is 20.8 Å². The Balaban J connectivity index is 1.79. The van der Waals surface area contributed by atoms with E-state index in [2.05, 4.69) is 65.1 Å². The molecule has 1 N–H and O–H groups in total. The zero-order valence-electron chi connectivity index (χ0n) is 19.5. The van der Waals surface area contributed by atoms with E-state index in [1.165, 1.54) is 0 Å². The molecule has 3 aromatic carbocycles. The minimum atomic E-state index is -0.336. The van der Waals surface area contributed by atoms with Crippen LogP contribution >= 0.6 is 15.9 Å². The molecule has 4 aromatic rings. The zero-order chi connectivity index (χ0) is 23.7. The lowest BCUT2D eigenvalue weighted by atomic mass is 10.0. The SMILES string of the molecule is Cc1ccc(-c2nc(C(=O)Nc3ccc(Br)cc3C(C)C)nn2-c2cccc(C)c2C)cc1. The first kappa shape index (κ1) is 22.9. The predicted octanol–water partition coefficient (Wildman–Crippen LogP) is 7.00. The van der Waals surface area contributed by atoms with Gasteiger partial charge in [-0.2, -0.15) is 0 Å². The quantitative estimate of drug-likeness (QED) is 0.319. The monoisotopic (exact) mass is 502 g/mol. The van der Waals surface area contributed by atoms with Crippen LogP contribution in [0.1, 0.15) is 52.6 Å². The van der Waals surface area contributed by atoms with Crippen LogP contribution in [0.3, 0.4) is 0 Å². The summed E-state index contributed by atoms with van der Waals surface area (Å²) in [7, 11) is 0. The second-order valence-electron chi connectivity index (χ2n) is 8.60. The van der Waals surface area contributed by atoms with Gasteiger partial charge in [-0.25, -0.2) is 9.67 Å². The van der Waals surface area contributed by atoms with Crippen molar-refractivity contribution in [3.8, 4) is 17.1 Å². The summed E-state index contributed by atoms with van der Waals surface area (Å²) in [6.07, 6.45) is 0. The molecule has 0 unspecified atom stereocenters. The molecular formula is C27H27BrN4O. The van der Waals surface area contributed by atoms with Crippen molar-refractivity contribution in [3.63, 3.8) is 0 Å². The topological polar surface area (TPSA) is 59.8 Å². The fourth-order valence-electron chi connectivity index (χ4n) is 3.73. The number of halogens is 1. The van der Waals surface area contributed by atoms with Crippen molar-refractivity contribution < 1.29 is 4.79 Å². The van der Waals surface area contributed by atoms with Crippen molar-refractivity contribution in [2.45, 2.75) is 40.5 Å². The number of aromatic nitrogens is 3. The Labute approximate surface area is 203 Å². The highest BCUT2D eigenvalue weighted by molar-refractivity contribution is 9.10. The number of hydrogen-bond donors (Lipinski definition) is 1. The molecule has 0 atom stereocenters. The van der Waals surface area contributed by atoms with Crippen molar-refractivity contribution in [2.24, 2.45) is 0 Å². The number of amides is 1. The molecular weight excluding hydrogens is 476 g/mol. The molecule has 0 aliphatic carbocycles. The standard InChI is InChI=1S/C27H27BrN4O/c1-16(2)22-15-21(28)13-14-23(22)29-27(33)25-30-26(20-11-9-17(3)10-12-20)32(31-25)24-8-6-7-18(4)19(24)5/h6-16H,1-5H3,(H,29,33). The minimum absolute atomic E-state index is 0.129. The molecule has 33 heavy (non-hydrogen) atoms. The summed E-state index contributed by atoms with van der Waals surface area (Å²) in [5.41, 5.74) is 7.02. The van der Waals surface area contributed by atoms with Gasteiger partial charge >= 0.3 is 0 Å². The molecule has 0 saturated heterocycles. The summed E-state index contributed by atoms with van der Waals surface area (Å²) >= 11 is 3.52. The van der Waals surface area contributed by atoms with Crippen molar-refractivity contribution >= 4 is 27.5 Å². The maximum absolute atomic E-state index is 13.2. The van der Waals surface area contributed by atoms with Gasteiger partial charge in [0.05, 0.1) is 5.69 Å². The van der Waals surface area contributed by atoms with Crippen molar-refractivity contribution in [3.05, 3.63) is 93.2 Å². The summed E-state index contributed by atoms with van der Waals surface area (Å²) in [6.45, 7) is 10.4. The second kappa shape index (κ2) is 9.32. The average Bonchev–Trinajstić information content (AvgIpc) is 3.22. The van der Waals surface area contributed by atoms with Crippen LogP contribution in [0.25, 0.3) is 17.1 Å². The van der Waals surface area contributed by atoms with E-state index in [4.69, 9.17) is 0 Å². The van der Waals surface area contributed by atoms with E-state index < -0.39 is 0 Å². The molecule has 0 fully saturated rings. The largest absolute Gasteiger partial charge is 0.319 e. The van der Waals surface area contributed by atoms with E-state index in [1.807, 2.05) is 61.5 Å². The summed E-state index contributed by atoms with van der Waals surface area (Å²) in [5, 5.41) is 7.67. The maximum Gasteiger partial charge on any atom is 0.295 e. The smallest absolute Gasteiger partial charge is 0.295 e. The van der Waals surface area contributed by atoms with Gasteiger partial charge in [0.15, 0.2) is 5.82 Å². The highest BCUT2D eigenvalue weighted by Crippen LogP contribution is 2.29. The molecule has 6 heteroatoms. The Hall–Kier alpha value is -3.25. The van der Waals surface area contributed by atoms with Gasteiger partial charge in [0.1, 0.15) is 0 Å². The molecule has 0 bridgehead atoms. The average molecular weight is 503 g/mol. The third-order valence-corrected chi connectivity index (χ3v) is 6.30. The summed E-state index contributed by atoms with van der Waals surface area (Å²) in [5.74, 6) is 0.677. The number of hydrogen-bond acceptors (Lipinski definition) is 3. The van der Waals surface area contributed by atoms with E-state index in [0.717, 1.165) is 43.7 Å². The third kappa shape index (κ3) is 4.76. The number of nitrogens with zero attached hydrogens (tertiary/aromatic N) is 3. The van der Waals surface area contributed by atoms with E-state index in [0.29, 0.717) is 5.82 Å². The molecule has 1 aromatic heterocycles. The molecule has 0 aliphatic rings. The van der Waals surface area contributed by atoms with Crippen molar-refractivity contribution in [1.82, 2.24) is 14.8 Å². The van der Waals surface area contributed by atoms with Gasteiger partial charge in [0, 0.05) is 15.7 Å². The molecule has 4 rings (SSSR count). The van der Waals surface area contributed by atoms with Crippen LogP contribution in [0.15, 0.2) is 65.1 Å². The van der Waals surface area contributed by atoms with Gasteiger partial charge in [-0.3, -0.25) is 4.79 Å². The van der Waals surface area contributed by atoms with Crippen LogP contribution in [0.4, 0.5) is 5.69 Å². The van der Waals surface area contributed by atoms with Crippen LogP contribution in [0.5, 0.6) is 0 Å². The lowest BCUT2D eigenvalue weighted by Crippen LogP contribution is -2.16. The number of rotatable bonds is 5. The molecule has 1 heterocycles. The fraction of sp³-hybridized carbons (Fsp3) is 0.222. The van der Waals surface area contributed by atoms with Crippen molar-refractivity contribution in [2.75, 3.05) is 5.32 Å². The van der Waals surface area contributed by atoms with Gasteiger partial charge in [0.2, 0.25) is 5.82 Å². The van der Waals surface area contributed by atoms with Gasteiger partial charge in [0.25, 0.3) is 5.91 Å². The van der Waals surface area contributed by atoms with E-state index in [9.17, 15) is 4.79 Å². The molecule has 5 nitrogen and oxygen atoms in total. The lowest BCUT2D eigenvalue weighted by molar-refractivity contribution is 0.101. The number of carbonyl (C=O) groups is 1. The molecule has 0 radical (unpaired) electrons. The zero-order valence-corrected chi connectivity index (χ0v) is 21.1. The van der Waals surface area contributed by atoms with Crippen LogP contribution in [-0.4, -0.2) is 20.7 Å². The van der Waals surface area contributed by atoms with Crippen molar-refractivity contribution in [1.29, 1.82) is 0 Å². The molecule has 168 valence electrons. The van der Waals surface area contributed by atoms with Crippen LogP contribution < -0.4 is 5.32 Å². The number of nitrogens with one attached hydrogen (secondary N) is 1. The number of benzene rings is 3. The van der Waals surface area contributed by atoms with E-state index in [-0.39, 0.29) is 17.6 Å². The van der Waals surface area contributed by atoms with E-state index in [1.54, 1.807) is 4.68 Å². The Bertz CT molecular complexity index is 1320. The maximum atomic E-state index is 13.2. The minimum Gasteiger partial charge on any atom is -0.319 e. The first-order valence-corrected chi connectivity index (χ1v) is 11.8. The number of anilines is 1. The Kier molecular flexibility index (Phi) is 6.47. The second-order valence-corrected chi connectivity index (χ2v) is 9.51. The normalized spacial score (nSPS) is 11.1. The van der Waals surface area contributed by atoms with Gasteiger partial charge in [-0.15, -0.1) is 5.10 Å². The van der Waals surface area contributed by atoms with E-state index >= 15 is 0 Å². The highest BCUT2D eigenvalue weighted by Gasteiger charge is 2.21. The third-order valence-electron chi connectivity index (χ3n) is 5.81. The van der Waals surface area contributed by atoms with Gasteiger partial charge in [-0.05, 0) is 67.6 Å². The summed E-state index contributed by atoms with van der Waals surface area (Å²) in [4.78, 5) is 17.9. The number of carbonyl (C=O) groups excluding carboxylic acids is 1. The molecule has 0 spiro atoms. The molecule has 0 saturated carbocycles. The highest BCUT2D eigenvalue weighted by atomic mass is 79.9. The molecule has 1 amide bonds.